The third-order valence-corrected chi connectivity index (χ3v) is 3.88. The number of nitrogens with one attached hydrogen (secondary N) is 1. The van der Waals surface area contributed by atoms with Gasteiger partial charge in [-0.2, -0.15) is 0 Å². The summed E-state index contributed by atoms with van der Waals surface area (Å²) >= 11 is 0. The highest BCUT2D eigenvalue weighted by Crippen LogP contribution is 2.34. The number of nitro benzene ring substituents is 1. The van der Waals surface area contributed by atoms with Gasteiger partial charge in [-0.3, -0.25) is 19.7 Å². The van der Waals surface area contributed by atoms with E-state index in [1.807, 2.05) is 18.7 Å². The van der Waals surface area contributed by atoms with E-state index in [4.69, 9.17) is 0 Å². The van der Waals surface area contributed by atoms with Crippen LogP contribution in [0.25, 0.3) is 11.0 Å². The van der Waals surface area contributed by atoms with Crippen molar-refractivity contribution in [3.8, 4) is 0 Å². The maximum atomic E-state index is 11.8. The predicted octanol–water partition coefficient (Wildman–Crippen LogP) is 1.29. The molecule has 0 radical (unpaired) electrons. The fourth-order valence-electron chi connectivity index (χ4n) is 2.68. The smallest absolute Gasteiger partial charge is 0.316 e. The lowest BCUT2D eigenvalue weighted by Crippen LogP contribution is -2.35. The van der Waals surface area contributed by atoms with Gasteiger partial charge in [0.2, 0.25) is 0 Å². The van der Waals surface area contributed by atoms with Crippen molar-refractivity contribution in [2.45, 2.75) is 20.8 Å². The summed E-state index contributed by atoms with van der Waals surface area (Å²) in [6, 6.07) is 1.33. The molecule has 0 unspecified atom stereocenters. The minimum Gasteiger partial charge on any atom is -0.370 e. The van der Waals surface area contributed by atoms with Gasteiger partial charge >= 0.3 is 11.1 Å². The van der Waals surface area contributed by atoms with Gasteiger partial charge in [0.15, 0.2) is 0 Å². The van der Waals surface area contributed by atoms with E-state index in [-0.39, 0.29) is 5.69 Å². The highest BCUT2D eigenvalue weighted by atomic mass is 16.6. The molecule has 0 aliphatic rings. The molecule has 2 aromatic rings. The molecule has 0 aliphatic carbocycles. The van der Waals surface area contributed by atoms with Crippen molar-refractivity contribution in [1.29, 1.82) is 0 Å². The zero-order chi connectivity index (χ0) is 16.6. The standard InChI is InChI=1S/C14H18N4O4/c1-5-17(6-2)12-8(3)9(18(21)22)7-10-11(12)15-13(19)14(20)16(10)4/h7H,5-6H2,1-4H3,(H,15,19). The van der Waals surface area contributed by atoms with Crippen LogP contribution in [-0.2, 0) is 7.05 Å². The zero-order valence-electron chi connectivity index (χ0n) is 13.0. The summed E-state index contributed by atoms with van der Waals surface area (Å²) in [4.78, 5) is 38.9. The Bertz CT molecular complexity index is 862. The highest BCUT2D eigenvalue weighted by molar-refractivity contribution is 5.93. The minimum atomic E-state index is -0.740. The number of aryl methyl sites for hydroxylation is 1. The first-order valence-corrected chi connectivity index (χ1v) is 6.99. The molecule has 1 N–H and O–H groups in total. The van der Waals surface area contributed by atoms with Crippen molar-refractivity contribution in [2.24, 2.45) is 7.05 Å². The van der Waals surface area contributed by atoms with E-state index in [0.717, 1.165) is 4.57 Å². The van der Waals surface area contributed by atoms with Crippen LogP contribution in [0.15, 0.2) is 15.7 Å². The Labute approximate surface area is 126 Å². The summed E-state index contributed by atoms with van der Waals surface area (Å²) < 4.78 is 1.15. The van der Waals surface area contributed by atoms with Gasteiger partial charge in [-0.25, -0.2) is 0 Å². The topological polar surface area (TPSA) is 101 Å². The van der Waals surface area contributed by atoms with Crippen LogP contribution in [0.1, 0.15) is 19.4 Å². The monoisotopic (exact) mass is 306 g/mol. The third kappa shape index (κ3) is 2.26. The van der Waals surface area contributed by atoms with Crippen LogP contribution < -0.4 is 16.0 Å². The molecule has 0 amide bonds. The summed E-state index contributed by atoms with van der Waals surface area (Å²) in [5, 5.41) is 11.3. The van der Waals surface area contributed by atoms with E-state index in [1.54, 1.807) is 6.92 Å². The highest BCUT2D eigenvalue weighted by Gasteiger charge is 2.23. The number of rotatable bonds is 4. The SMILES string of the molecule is CCN(CC)c1c(C)c([N+](=O)[O-])cc2c1[nH]c(=O)c(=O)n2C. The lowest BCUT2D eigenvalue weighted by molar-refractivity contribution is -0.385. The number of benzene rings is 1. The van der Waals surface area contributed by atoms with Crippen molar-refractivity contribution in [3.63, 3.8) is 0 Å². The van der Waals surface area contributed by atoms with E-state index in [1.165, 1.54) is 13.1 Å². The van der Waals surface area contributed by atoms with Gasteiger partial charge < -0.3 is 14.5 Å². The van der Waals surface area contributed by atoms with Crippen molar-refractivity contribution >= 4 is 22.4 Å². The average molecular weight is 306 g/mol. The second-order valence-corrected chi connectivity index (χ2v) is 5.01. The molecule has 0 bridgehead atoms. The number of anilines is 1. The van der Waals surface area contributed by atoms with Gasteiger partial charge in [0.25, 0.3) is 5.69 Å². The third-order valence-electron chi connectivity index (χ3n) is 3.88. The average Bonchev–Trinajstić information content (AvgIpc) is 2.48. The van der Waals surface area contributed by atoms with Crippen LogP contribution in [0.4, 0.5) is 11.4 Å². The number of nitro groups is 1. The molecule has 2 rings (SSSR count). The summed E-state index contributed by atoms with van der Waals surface area (Å²) in [6.45, 7) is 6.74. The molecule has 0 atom stereocenters. The van der Waals surface area contributed by atoms with Gasteiger partial charge in [0.1, 0.15) is 0 Å². The van der Waals surface area contributed by atoms with E-state index in [9.17, 15) is 19.7 Å². The number of nitrogens with zero attached hydrogens (tertiary/aromatic N) is 3. The Morgan fingerprint density at radius 2 is 1.91 bits per heavy atom. The van der Waals surface area contributed by atoms with Gasteiger partial charge in [-0.1, -0.05) is 0 Å². The molecule has 0 fully saturated rings. The van der Waals surface area contributed by atoms with Crippen molar-refractivity contribution in [1.82, 2.24) is 9.55 Å². The lowest BCUT2D eigenvalue weighted by Gasteiger charge is -2.24. The second kappa shape index (κ2) is 5.63. The van der Waals surface area contributed by atoms with E-state index in [2.05, 4.69) is 4.98 Å². The number of hydrogen-bond donors (Lipinski definition) is 1. The Hall–Kier alpha value is -2.64. The second-order valence-electron chi connectivity index (χ2n) is 5.01. The van der Waals surface area contributed by atoms with Crippen LogP contribution in [-0.4, -0.2) is 27.6 Å². The molecular weight excluding hydrogens is 288 g/mol. The van der Waals surface area contributed by atoms with Crippen LogP contribution in [0.2, 0.25) is 0 Å². The molecule has 8 heteroatoms. The number of H-pyrrole nitrogens is 1. The summed E-state index contributed by atoms with van der Waals surface area (Å²) in [5.74, 6) is 0. The molecule has 0 saturated carbocycles. The fourth-order valence-corrected chi connectivity index (χ4v) is 2.68. The molecule has 0 aliphatic heterocycles. The largest absolute Gasteiger partial charge is 0.370 e. The molecule has 1 aromatic heterocycles. The fraction of sp³-hybridized carbons (Fsp3) is 0.429. The Morgan fingerprint density at radius 1 is 1.32 bits per heavy atom. The first kappa shape index (κ1) is 15.7. The molecule has 22 heavy (non-hydrogen) atoms. The van der Waals surface area contributed by atoms with Crippen LogP contribution >= 0.6 is 0 Å². The molecule has 118 valence electrons. The van der Waals surface area contributed by atoms with Crippen LogP contribution in [0.3, 0.4) is 0 Å². The van der Waals surface area contributed by atoms with Crippen molar-refractivity contribution < 1.29 is 4.92 Å². The summed E-state index contributed by atoms with van der Waals surface area (Å²) in [7, 11) is 1.44. The Morgan fingerprint density at radius 3 is 2.41 bits per heavy atom. The van der Waals surface area contributed by atoms with E-state index < -0.39 is 16.0 Å². The maximum absolute atomic E-state index is 11.8. The lowest BCUT2D eigenvalue weighted by atomic mass is 10.1. The summed E-state index contributed by atoms with van der Waals surface area (Å²) in [5.41, 5.74) is 0.282. The number of hydrogen-bond acceptors (Lipinski definition) is 5. The predicted molar refractivity (Wildman–Crippen MR) is 84.8 cm³/mol. The van der Waals surface area contributed by atoms with Gasteiger partial charge in [0, 0.05) is 26.2 Å². The maximum Gasteiger partial charge on any atom is 0.316 e. The number of aromatic amines is 1. The van der Waals surface area contributed by atoms with Gasteiger partial charge in [-0.15, -0.1) is 0 Å². The first-order valence-electron chi connectivity index (χ1n) is 6.99. The molecule has 0 spiro atoms. The van der Waals surface area contributed by atoms with Crippen LogP contribution in [0, 0.1) is 17.0 Å². The number of fused-ring (bicyclic) bond motifs is 1. The molecule has 8 nitrogen and oxygen atoms in total. The van der Waals surface area contributed by atoms with E-state index in [0.29, 0.717) is 35.4 Å². The minimum absolute atomic E-state index is 0.0727. The molecule has 0 saturated heterocycles. The van der Waals surface area contributed by atoms with Crippen LogP contribution in [0.5, 0.6) is 0 Å². The van der Waals surface area contributed by atoms with Gasteiger partial charge in [0.05, 0.1) is 27.2 Å². The molecular formula is C14H18N4O4. The normalized spacial score (nSPS) is 10.9. The molecule has 1 aromatic carbocycles. The van der Waals surface area contributed by atoms with E-state index >= 15 is 0 Å². The van der Waals surface area contributed by atoms with Gasteiger partial charge in [-0.05, 0) is 20.8 Å². The zero-order valence-corrected chi connectivity index (χ0v) is 13.0. The first-order chi connectivity index (χ1) is 10.3. The molecule has 1 heterocycles. The van der Waals surface area contributed by atoms with Crippen molar-refractivity contribution in [3.05, 3.63) is 42.5 Å². The Kier molecular flexibility index (Phi) is 4.03. The quantitative estimate of drug-likeness (QED) is 0.521. The van der Waals surface area contributed by atoms with Crippen molar-refractivity contribution in [2.75, 3.05) is 18.0 Å². The number of aromatic nitrogens is 2. The Balaban J connectivity index is 3.08. The summed E-state index contributed by atoms with van der Waals surface area (Å²) in [6.07, 6.45) is 0.